The van der Waals surface area contributed by atoms with Crippen molar-refractivity contribution in [2.75, 3.05) is 20.1 Å². The lowest BCUT2D eigenvalue weighted by molar-refractivity contribution is 0.279. The minimum absolute atomic E-state index is 0.0993. The van der Waals surface area contributed by atoms with Gasteiger partial charge < -0.3 is 5.32 Å². The van der Waals surface area contributed by atoms with Crippen LogP contribution in [-0.2, 0) is 10.2 Å². The van der Waals surface area contributed by atoms with Crippen LogP contribution in [0.2, 0.25) is 0 Å². The van der Waals surface area contributed by atoms with Crippen molar-refractivity contribution in [1.82, 2.24) is 14.3 Å². The Morgan fingerprint density at radius 3 is 2.28 bits per heavy atom. The van der Waals surface area contributed by atoms with Crippen molar-refractivity contribution < 1.29 is 8.42 Å². The van der Waals surface area contributed by atoms with E-state index in [1.165, 1.54) is 6.42 Å². The van der Waals surface area contributed by atoms with E-state index in [2.05, 4.69) is 10.0 Å². The molecule has 1 heterocycles. The van der Waals surface area contributed by atoms with Gasteiger partial charge >= 0.3 is 0 Å². The Labute approximate surface area is 110 Å². The smallest absolute Gasteiger partial charge is 0.279 e. The predicted octanol–water partition coefficient (Wildman–Crippen LogP) is 0.837. The summed E-state index contributed by atoms with van der Waals surface area (Å²) in [4.78, 5) is 0. The number of nitrogens with zero attached hydrogens (tertiary/aromatic N) is 1. The molecular weight excluding hydrogens is 250 g/mol. The quantitative estimate of drug-likeness (QED) is 0.799. The van der Waals surface area contributed by atoms with Crippen LogP contribution in [-0.4, -0.2) is 44.9 Å². The molecule has 18 heavy (non-hydrogen) atoms. The topological polar surface area (TPSA) is 61.4 Å². The summed E-state index contributed by atoms with van der Waals surface area (Å²) in [5, 5.41) is 3.24. The summed E-state index contributed by atoms with van der Waals surface area (Å²) in [6.07, 6.45) is 7.32. The molecule has 0 aromatic heterocycles. The number of hydrogen-bond donors (Lipinski definition) is 2. The van der Waals surface area contributed by atoms with Crippen LogP contribution in [0.15, 0.2) is 0 Å². The van der Waals surface area contributed by atoms with Crippen LogP contribution in [0.1, 0.15) is 44.9 Å². The highest BCUT2D eigenvalue weighted by Gasteiger charge is 2.29. The Bertz CT molecular complexity index is 346. The molecule has 6 heteroatoms. The fraction of sp³-hybridized carbons (Fsp3) is 1.00. The normalized spacial score (nSPS) is 24.6. The molecule has 0 unspecified atom stereocenters. The van der Waals surface area contributed by atoms with Crippen molar-refractivity contribution in [3.8, 4) is 0 Å². The van der Waals surface area contributed by atoms with E-state index in [1.54, 1.807) is 11.4 Å². The Balaban J connectivity index is 1.91. The molecule has 1 aliphatic carbocycles. The van der Waals surface area contributed by atoms with Gasteiger partial charge in [-0.2, -0.15) is 17.4 Å². The molecule has 0 aromatic carbocycles. The summed E-state index contributed by atoms with van der Waals surface area (Å²) in [5.74, 6) is 0. The highest BCUT2D eigenvalue weighted by Crippen LogP contribution is 2.23. The van der Waals surface area contributed by atoms with E-state index in [4.69, 9.17) is 0 Å². The molecule has 0 spiro atoms. The number of rotatable bonds is 4. The summed E-state index contributed by atoms with van der Waals surface area (Å²) >= 11 is 0. The van der Waals surface area contributed by atoms with Crippen molar-refractivity contribution in [1.29, 1.82) is 0 Å². The van der Waals surface area contributed by atoms with Crippen LogP contribution in [0.4, 0.5) is 0 Å². The Morgan fingerprint density at radius 1 is 1.06 bits per heavy atom. The highest BCUT2D eigenvalue weighted by atomic mass is 32.2. The average molecular weight is 275 g/mol. The minimum Gasteiger partial charge on any atom is -0.317 e. The van der Waals surface area contributed by atoms with Crippen molar-refractivity contribution in [2.45, 2.75) is 57.0 Å². The molecule has 1 saturated carbocycles. The Hall–Kier alpha value is -0.170. The van der Waals surface area contributed by atoms with Gasteiger partial charge in [0, 0.05) is 19.1 Å². The monoisotopic (exact) mass is 275 g/mol. The lowest BCUT2D eigenvalue weighted by Gasteiger charge is -2.32. The maximum Gasteiger partial charge on any atom is 0.279 e. The average Bonchev–Trinajstić information content (AvgIpc) is 2.39. The van der Waals surface area contributed by atoms with Crippen molar-refractivity contribution in [3.05, 3.63) is 0 Å². The Morgan fingerprint density at radius 2 is 1.67 bits per heavy atom. The predicted molar refractivity (Wildman–Crippen MR) is 72.6 cm³/mol. The first-order valence-electron chi connectivity index (χ1n) is 7.05. The summed E-state index contributed by atoms with van der Waals surface area (Å²) in [5.41, 5.74) is 0. The molecule has 0 bridgehead atoms. The number of hydrogen-bond acceptors (Lipinski definition) is 3. The molecule has 0 amide bonds. The zero-order valence-corrected chi connectivity index (χ0v) is 12.0. The standard InChI is InChI=1S/C12H25N3O2S/c1-15(12-5-3-2-4-6-12)18(16,17)14-11-7-9-13-10-8-11/h11-14H,2-10H2,1H3. The summed E-state index contributed by atoms with van der Waals surface area (Å²) in [7, 11) is -1.58. The number of nitrogens with one attached hydrogen (secondary N) is 2. The van der Waals surface area contributed by atoms with Gasteiger partial charge in [0.1, 0.15) is 0 Å². The molecule has 2 aliphatic rings. The fourth-order valence-corrected chi connectivity index (χ4v) is 4.30. The van der Waals surface area contributed by atoms with Crippen LogP contribution in [0.3, 0.4) is 0 Å². The van der Waals surface area contributed by atoms with E-state index in [-0.39, 0.29) is 12.1 Å². The van der Waals surface area contributed by atoms with Gasteiger partial charge in [-0.25, -0.2) is 0 Å². The lowest BCUT2D eigenvalue weighted by atomic mass is 9.96. The van der Waals surface area contributed by atoms with Gasteiger partial charge in [-0.1, -0.05) is 19.3 Å². The van der Waals surface area contributed by atoms with Crippen LogP contribution < -0.4 is 10.0 Å². The summed E-state index contributed by atoms with van der Waals surface area (Å²) in [6.45, 7) is 1.81. The van der Waals surface area contributed by atoms with Gasteiger partial charge in [-0.05, 0) is 38.8 Å². The molecule has 0 atom stereocenters. The molecule has 2 fully saturated rings. The third-order valence-corrected chi connectivity index (χ3v) is 5.81. The van der Waals surface area contributed by atoms with E-state index >= 15 is 0 Å². The van der Waals surface area contributed by atoms with Crippen LogP contribution in [0, 0.1) is 0 Å². The molecule has 106 valence electrons. The molecule has 1 aliphatic heterocycles. The Kier molecular flexibility index (Phi) is 5.00. The van der Waals surface area contributed by atoms with Crippen molar-refractivity contribution in [2.24, 2.45) is 0 Å². The second-order valence-corrected chi connectivity index (χ2v) is 7.22. The fourth-order valence-electron chi connectivity index (χ4n) is 2.87. The first kappa shape index (κ1) is 14.2. The molecule has 0 aromatic rings. The third-order valence-electron chi connectivity index (χ3n) is 4.12. The van der Waals surface area contributed by atoms with Crippen LogP contribution in [0.5, 0.6) is 0 Å². The molecular formula is C12H25N3O2S. The van der Waals surface area contributed by atoms with Crippen molar-refractivity contribution in [3.63, 3.8) is 0 Å². The third kappa shape index (κ3) is 3.66. The summed E-state index contributed by atoms with van der Waals surface area (Å²) in [6, 6.07) is 0.292. The van der Waals surface area contributed by atoms with Gasteiger partial charge in [0.2, 0.25) is 0 Å². The summed E-state index contributed by atoms with van der Waals surface area (Å²) < 4.78 is 29.0. The van der Waals surface area contributed by atoms with E-state index in [0.717, 1.165) is 51.6 Å². The largest absolute Gasteiger partial charge is 0.317 e. The molecule has 2 rings (SSSR count). The van der Waals surface area contributed by atoms with Gasteiger partial charge in [0.15, 0.2) is 0 Å². The first-order chi connectivity index (χ1) is 8.59. The van der Waals surface area contributed by atoms with E-state index < -0.39 is 10.2 Å². The molecule has 0 radical (unpaired) electrons. The van der Waals surface area contributed by atoms with Crippen molar-refractivity contribution >= 4 is 10.2 Å². The highest BCUT2D eigenvalue weighted by molar-refractivity contribution is 7.87. The zero-order chi connectivity index (χ0) is 13.0. The second-order valence-electron chi connectivity index (χ2n) is 5.46. The van der Waals surface area contributed by atoms with E-state index in [0.29, 0.717) is 0 Å². The van der Waals surface area contributed by atoms with Crippen LogP contribution >= 0.6 is 0 Å². The molecule has 5 nitrogen and oxygen atoms in total. The zero-order valence-electron chi connectivity index (χ0n) is 11.2. The first-order valence-corrected chi connectivity index (χ1v) is 8.49. The lowest BCUT2D eigenvalue weighted by Crippen LogP contribution is -2.50. The maximum absolute atomic E-state index is 12.3. The minimum atomic E-state index is -3.30. The second kappa shape index (κ2) is 6.32. The van der Waals surface area contributed by atoms with Gasteiger partial charge in [-0.15, -0.1) is 0 Å². The molecule has 1 saturated heterocycles. The molecule has 2 N–H and O–H groups in total. The van der Waals surface area contributed by atoms with Crippen LogP contribution in [0.25, 0.3) is 0 Å². The number of piperidine rings is 1. The SMILES string of the molecule is CN(C1CCCCC1)S(=O)(=O)NC1CCNCC1. The van der Waals surface area contributed by atoms with Gasteiger partial charge in [-0.3, -0.25) is 0 Å². The maximum atomic E-state index is 12.3. The van der Waals surface area contributed by atoms with E-state index in [1.807, 2.05) is 0 Å². The van der Waals surface area contributed by atoms with Gasteiger partial charge in [0.25, 0.3) is 10.2 Å². The van der Waals surface area contributed by atoms with E-state index in [9.17, 15) is 8.42 Å². The van der Waals surface area contributed by atoms with Gasteiger partial charge in [0.05, 0.1) is 0 Å².